The number of nitrogens with one attached hydrogen (secondary N) is 1. The summed E-state index contributed by atoms with van der Waals surface area (Å²) in [6.45, 7) is 0. The summed E-state index contributed by atoms with van der Waals surface area (Å²) in [5.74, 6) is -0.547. The molecular formula is C29H24Cl3NO3. The highest BCUT2D eigenvalue weighted by Gasteiger charge is 2.46. The first-order chi connectivity index (χ1) is 17.4. The van der Waals surface area contributed by atoms with E-state index < -0.39 is 21.6 Å². The number of alkyl halides is 3. The lowest BCUT2D eigenvalue weighted by molar-refractivity contribution is -0.170. The van der Waals surface area contributed by atoms with Crippen molar-refractivity contribution in [2.75, 3.05) is 0 Å². The van der Waals surface area contributed by atoms with Gasteiger partial charge in [-0.25, -0.2) is 0 Å². The van der Waals surface area contributed by atoms with E-state index in [0.717, 1.165) is 22.3 Å². The van der Waals surface area contributed by atoms with E-state index in [4.69, 9.17) is 44.4 Å². The predicted molar refractivity (Wildman–Crippen MR) is 144 cm³/mol. The number of benzene rings is 4. The predicted octanol–water partition coefficient (Wildman–Crippen LogP) is 6.98. The van der Waals surface area contributed by atoms with Crippen LogP contribution in [0.4, 0.5) is 0 Å². The molecule has 1 atom stereocenters. The maximum Gasteiger partial charge on any atom is 0.329 e. The Hall–Kier alpha value is -2.86. The van der Waals surface area contributed by atoms with Crippen molar-refractivity contribution < 1.29 is 14.4 Å². The van der Waals surface area contributed by atoms with Gasteiger partial charge in [-0.1, -0.05) is 156 Å². The average molecular weight is 541 g/mol. The number of halogens is 3. The van der Waals surface area contributed by atoms with Crippen LogP contribution in [0.15, 0.2) is 121 Å². The van der Waals surface area contributed by atoms with Gasteiger partial charge in [0.2, 0.25) is 3.79 Å². The minimum Gasteiger partial charge on any atom is -0.368 e. The summed E-state index contributed by atoms with van der Waals surface area (Å²) in [7, 11) is 0. The van der Waals surface area contributed by atoms with Gasteiger partial charge in [0.1, 0.15) is 5.60 Å². The van der Waals surface area contributed by atoms with Crippen molar-refractivity contribution in [2.24, 2.45) is 0 Å². The quantitative estimate of drug-likeness (QED) is 0.108. The lowest BCUT2D eigenvalue weighted by atomic mass is 9.80. The van der Waals surface area contributed by atoms with E-state index in [2.05, 4.69) is 5.48 Å². The third kappa shape index (κ3) is 6.28. The van der Waals surface area contributed by atoms with Crippen LogP contribution in [0, 0.1) is 0 Å². The summed E-state index contributed by atoms with van der Waals surface area (Å²) in [5.41, 5.74) is 4.59. The Bertz CT molecular complexity index is 1140. The summed E-state index contributed by atoms with van der Waals surface area (Å²) in [4.78, 5) is 17.9. The zero-order chi connectivity index (χ0) is 25.4. The first-order valence-corrected chi connectivity index (χ1v) is 12.4. The molecule has 4 rings (SSSR count). The van der Waals surface area contributed by atoms with Crippen LogP contribution in [-0.2, 0) is 26.4 Å². The molecule has 4 aromatic rings. The van der Waals surface area contributed by atoms with Crippen molar-refractivity contribution in [1.29, 1.82) is 0 Å². The summed E-state index contributed by atoms with van der Waals surface area (Å²) >= 11 is 19.1. The standard InChI is InChI=1S/C29H24Cl3NO3/c30-29(31,32)27(33-36-26(34)21-22-13-5-1-6-14-22)35-28(23-15-7-2-8-16-23,24-17-9-3-10-18-24)25-19-11-4-12-20-25/h1-20,27,33H,21H2. The van der Waals surface area contributed by atoms with Crippen molar-refractivity contribution >= 4 is 40.8 Å². The maximum absolute atomic E-state index is 12.5. The zero-order valence-electron chi connectivity index (χ0n) is 19.2. The van der Waals surface area contributed by atoms with Crippen molar-refractivity contribution in [1.82, 2.24) is 5.48 Å². The second-order valence-corrected chi connectivity index (χ2v) is 10.4. The van der Waals surface area contributed by atoms with Gasteiger partial charge < -0.3 is 9.57 Å². The molecule has 184 valence electrons. The van der Waals surface area contributed by atoms with E-state index in [0.29, 0.717) is 0 Å². The highest BCUT2D eigenvalue weighted by Crippen LogP contribution is 2.44. The topological polar surface area (TPSA) is 47.6 Å². The number of carbonyl (C=O) groups is 1. The molecule has 1 N–H and O–H groups in total. The number of hydroxylamine groups is 1. The van der Waals surface area contributed by atoms with Crippen molar-refractivity contribution in [3.63, 3.8) is 0 Å². The van der Waals surface area contributed by atoms with Crippen LogP contribution in [0.5, 0.6) is 0 Å². The van der Waals surface area contributed by atoms with Crippen molar-refractivity contribution in [3.8, 4) is 0 Å². The minimum absolute atomic E-state index is 0.0433. The first kappa shape index (κ1) is 26.2. The van der Waals surface area contributed by atoms with Gasteiger partial charge in [0, 0.05) is 0 Å². The highest BCUT2D eigenvalue weighted by molar-refractivity contribution is 6.68. The van der Waals surface area contributed by atoms with Gasteiger partial charge >= 0.3 is 5.97 Å². The molecule has 0 saturated heterocycles. The van der Waals surface area contributed by atoms with E-state index in [-0.39, 0.29) is 6.42 Å². The second-order valence-electron chi connectivity index (χ2n) is 8.07. The Balaban J connectivity index is 1.73. The molecule has 0 aromatic heterocycles. The normalized spacial score (nSPS) is 12.6. The molecule has 4 nitrogen and oxygen atoms in total. The lowest BCUT2D eigenvalue weighted by Crippen LogP contribution is -2.50. The Kier molecular flexibility index (Phi) is 8.68. The zero-order valence-corrected chi connectivity index (χ0v) is 21.5. The van der Waals surface area contributed by atoms with Gasteiger partial charge in [0.25, 0.3) is 0 Å². The summed E-state index contributed by atoms with van der Waals surface area (Å²) in [6, 6.07) is 38.1. The second kappa shape index (κ2) is 11.9. The molecule has 0 heterocycles. The molecule has 0 aliphatic rings. The monoisotopic (exact) mass is 539 g/mol. The number of ether oxygens (including phenoxy) is 1. The Morgan fingerprint density at radius 1 is 0.667 bits per heavy atom. The molecule has 0 aliphatic carbocycles. The van der Waals surface area contributed by atoms with E-state index in [9.17, 15) is 4.79 Å². The van der Waals surface area contributed by atoms with Gasteiger partial charge in [-0.05, 0) is 22.3 Å². The van der Waals surface area contributed by atoms with E-state index in [1.165, 1.54) is 0 Å². The third-order valence-electron chi connectivity index (χ3n) is 5.60. The van der Waals surface area contributed by atoms with Crippen LogP contribution in [-0.4, -0.2) is 16.0 Å². The van der Waals surface area contributed by atoms with Crippen LogP contribution >= 0.6 is 34.8 Å². The lowest BCUT2D eigenvalue weighted by Gasteiger charge is -2.40. The SMILES string of the molecule is O=C(Cc1ccccc1)ONC(OC(c1ccccc1)(c1ccccc1)c1ccccc1)C(Cl)(Cl)Cl. The minimum atomic E-state index is -1.99. The molecular weight excluding hydrogens is 517 g/mol. The fraction of sp³-hybridized carbons (Fsp3) is 0.138. The highest BCUT2D eigenvalue weighted by atomic mass is 35.6. The molecule has 7 heteroatoms. The van der Waals surface area contributed by atoms with Gasteiger partial charge in [0.15, 0.2) is 6.23 Å². The molecule has 0 saturated carbocycles. The smallest absolute Gasteiger partial charge is 0.329 e. The molecule has 1 unspecified atom stereocenters. The van der Waals surface area contributed by atoms with E-state index >= 15 is 0 Å². The summed E-state index contributed by atoms with van der Waals surface area (Å²) in [6.07, 6.45) is -1.29. The van der Waals surface area contributed by atoms with E-state index in [1.54, 1.807) is 0 Å². The van der Waals surface area contributed by atoms with Gasteiger partial charge in [-0.2, -0.15) is 0 Å². The fourth-order valence-electron chi connectivity index (χ4n) is 3.98. The number of hydrogen-bond donors (Lipinski definition) is 1. The number of hydrogen-bond acceptors (Lipinski definition) is 4. The summed E-state index contributed by atoms with van der Waals surface area (Å²) in [5, 5.41) is 0. The Labute approximate surface area is 225 Å². The van der Waals surface area contributed by atoms with Crippen LogP contribution in [0.1, 0.15) is 22.3 Å². The molecule has 0 radical (unpaired) electrons. The van der Waals surface area contributed by atoms with Crippen molar-refractivity contribution in [2.45, 2.75) is 22.0 Å². The molecule has 0 aliphatic heterocycles. The molecule has 0 bridgehead atoms. The summed E-state index contributed by atoms with van der Waals surface area (Å²) < 4.78 is 4.69. The fourth-order valence-corrected chi connectivity index (χ4v) is 4.24. The van der Waals surface area contributed by atoms with Crippen LogP contribution in [0.25, 0.3) is 0 Å². The van der Waals surface area contributed by atoms with Gasteiger partial charge in [-0.3, -0.25) is 4.79 Å². The largest absolute Gasteiger partial charge is 0.368 e. The molecule has 0 spiro atoms. The van der Waals surface area contributed by atoms with Gasteiger partial charge in [0.05, 0.1) is 6.42 Å². The van der Waals surface area contributed by atoms with Crippen LogP contribution in [0.2, 0.25) is 0 Å². The Morgan fingerprint density at radius 3 is 1.44 bits per heavy atom. The molecule has 0 fully saturated rings. The van der Waals surface area contributed by atoms with E-state index in [1.807, 2.05) is 121 Å². The average Bonchev–Trinajstić information content (AvgIpc) is 2.90. The first-order valence-electron chi connectivity index (χ1n) is 11.3. The van der Waals surface area contributed by atoms with Crippen molar-refractivity contribution in [3.05, 3.63) is 144 Å². The number of rotatable bonds is 9. The molecule has 0 amide bonds. The van der Waals surface area contributed by atoms with Gasteiger partial charge in [-0.15, -0.1) is 5.48 Å². The third-order valence-corrected chi connectivity index (χ3v) is 6.20. The molecule has 4 aromatic carbocycles. The number of carbonyl (C=O) groups excluding carboxylic acids is 1. The van der Waals surface area contributed by atoms with Crippen LogP contribution < -0.4 is 5.48 Å². The molecule has 36 heavy (non-hydrogen) atoms. The maximum atomic E-state index is 12.5. The van der Waals surface area contributed by atoms with Crippen LogP contribution in [0.3, 0.4) is 0 Å². The Morgan fingerprint density at radius 2 is 1.06 bits per heavy atom.